The van der Waals surface area contributed by atoms with Crippen LogP contribution in [0.2, 0.25) is 0 Å². The molecule has 0 aliphatic carbocycles. The monoisotopic (exact) mass is 2050 g/mol. The Hall–Kier alpha value is -12.8. The summed E-state index contributed by atoms with van der Waals surface area (Å²) in [6.07, 6.45) is 8.45. The number of carboxylic acids is 2. The van der Waals surface area contributed by atoms with Gasteiger partial charge in [0.15, 0.2) is 46.0 Å². The predicted octanol–water partition coefficient (Wildman–Crippen LogP) is 14.0. The number of fused-ring (bicyclic) bond motifs is 10. The van der Waals surface area contributed by atoms with E-state index in [4.69, 9.17) is 53.8 Å². The van der Waals surface area contributed by atoms with Gasteiger partial charge in [-0.2, -0.15) is 11.3 Å². The average Bonchev–Trinajstić information content (AvgIpc) is 1.71. The number of hydrogen-bond acceptors (Lipinski definition) is 35. The molecule has 7 aromatic heterocycles. The Balaban J connectivity index is 0.000000156. The van der Waals surface area contributed by atoms with Crippen LogP contribution in [0.25, 0.3) is 0 Å². The number of nitrogens with one attached hydrogen (secondary N) is 2. The fraction of sp³-hybridized carbons (Fsp3) is 0.315. The number of benzene rings is 4. The quantitative estimate of drug-likeness (QED) is 0.0201. The highest BCUT2D eigenvalue weighted by atomic mass is 35.5. The number of aromatic hydroxyl groups is 1. The Morgan fingerprint density at radius 2 is 0.876 bits per heavy atom. The molecular formula is C92H95Cl2N11O25S7. The molecule has 4 aromatic carbocycles. The SMILES string of the molecule is COC(=O)[C@@H]1Cc2ccsc2CN1.COC(=O)[C@@H]1Cc2ccsc2CN1C(=O)c1cc(OC)c(OC)cc1[N+](=O)[O-].COc1cc(C(=O)N2Cc3sccc3C[C@H]2C=O)c([N+](=O)[O-])cc1OC.COc1cc2c(cc1O)N=C[C@@H]1Cc3ccsc3CN1C2=O.COc1cc2c(cc1OC)C(=O)N1Cc3sccc3C[C@H]1C=N2.Cl.Cl.N[C@@H](Cc1ccsc1)C(=O)O.O=C(O)[C@@H]1Cc2ccsc2CN1. The van der Waals surface area contributed by atoms with Crippen molar-refractivity contribution >= 4 is 193 Å². The minimum absolute atomic E-state index is 0. The second kappa shape index (κ2) is 47.8. The minimum Gasteiger partial charge on any atom is -0.504 e. The van der Waals surface area contributed by atoms with Gasteiger partial charge in [0.05, 0.1) is 153 Å². The van der Waals surface area contributed by atoms with Crippen LogP contribution in [0.5, 0.6) is 46.0 Å². The van der Waals surface area contributed by atoms with Crippen molar-refractivity contribution in [2.75, 3.05) is 64.0 Å². The summed E-state index contributed by atoms with van der Waals surface area (Å²) in [6, 6.07) is 22.5. The Kier molecular flexibility index (Phi) is 36.5. The van der Waals surface area contributed by atoms with Crippen molar-refractivity contribution in [2.24, 2.45) is 15.7 Å². The van der Waals surface area contributed by atoms with E-state index in [-0.39, 0.29) is 119 Å². The number of carbonyl (C=O) groups excluding carboxylic acids is 7. The molecule has 19 rings (SSSR count). The van der Waals surface area contributed by atoms with Crippen LogP contribution in [0.3, 0.4) is 0 Å². The van der Waals surface area contributed by atoms with E-state index in [9.17, 15) is 68.5 Å². The van der Waals surface area contributed by atoms with Gasteiger partial charge in [0.25, 0.3) is 35.0 Å². The Labute approximate surface area is 825 Å². The van der Waals surface area contributed by atoms with Crippen LogP contribution in [-0.4, -0.2) is 217 Å². The normalized spacial score (nSPS) is 17.4. The van der Waals surface area contributed by atoms with Gasteiger partial charge < -0.3 is 88.1 Å². The molecule has 137 heavy (non-hydrogen) atoms. The number of nitrogens with two attached hydrogens (primary N) is 1. The molecule has 724 valence electrons. The fourth-order valence-electron chi connectivity index (χ4n) is 15.9. The van der Waals surface area contributed by atoms with Crippen LogP contribution < -0.4 is 49.5 Å². The van der Waals surface area contributed by atoms with E-state index in [1.165, 1.54) is 142 Å². The van der Waals surface area contributed by atoms with E-state index in [1.807, 2.05) is 67.2 Å². The van der Waals surface area contributed by atoms with Crippen LogP contribution in [0.15, 0.2) is 144 Å². The first kappa shape index (κ1) is 105. The van der Waals surface area contributed by atoms with Crippen molar-refractivity contribution in [1.29, 1.82) is 0 Å². The van der Waals surface area contributed by atoms with Crippen molar-refractivity contribution in [3.63, 3.8) is 0 Å². The average molecular weight is 2050 g/mol. The number of aldehydes is 1. The lowest BCUT2D eigenvalue weighted by Crippen LogP contribution is -2.48. The molecule has 0 fully saturated rings. The highest BCUT2D eigenvalue weighted by molar-refractivity contribution is 7.11. The van der Waals surface area contributed by atoms with Gasteiger partial charge in [-0.3, -0.25) is 74.4 Å². The van der Waals surface area contributed by atoms with Crippen LogP contribution in [0.4, 0.5) is 22.7 Å². The van der Waals surface area contributed by atoms with Crippen molar-refractivity contribution in [1.82, 2.24) is 30.2 Å². The molecule has 4 amide bonds. The Morgan fingerprint density at radius 1 is 0.489 bits per heavy atom. The number of nitro benzene ring substituents is 2. The van der Waals surface area contributed by atoms with Crippen molar-refractivity contribution < 1.29 is 111 Å². The molecule has 0 unspecified atom stereocenters. The summed E-state index contributed by atoms with van der Waals surface area (Å²) in [7, 11) is 12.7. The van der Waals surface area contributed by atoms with E-state index < -0.39 is 75.1 Å². The zero-order valence-electron chi connectivity index (χ0n) is 74.9. The summed E-state index contributed by atoms with van der Waals surface area (Å²) in [5.41, 5.74) is 14.4. The number of phenolic OH excluding ortho intramolecular Hbond substituents is 1. The molecule has 0 radical (unpaired) electrons. The number of amides is 4. The van der Waals surface area contributed by atoms with Crippen molar-refractivity contribution in [3.8, 4) is 46.0 Å². The summed E-state index contributed by atoms with van der Waals surface area (Å²) < 4.78 is 45.8. The number of rotatable bonds is 18. The highest BCUT2D eigenvalue weighted by Gasteiger charge is 2.42. The molecule has 0 saturated heterocycles. The number of aliphatic imine (C=N–C) groups is 2. The van der Waals surface area contributed by atoms with Gasteiger partial charge in [0.1, 0.15) is 41.6 Å². The molecule has 11 aromatic rings. The predicted molar refractivity (Wildman–Crippen MR) is 523 cm³/mol. The molecule has 8 aliphatic heterocycles. The highest BCUT2D eigenvalue weighted by Crippen LogP contribution is 2.44. The molecule has 15 heterocycles. The second-order valence-corrected chi connectivity index (χ2v) is 37.6. The number of thiophene rings is 7. The topological polar surface area (TPSA) is 471 Å². The van der Waals surface area contributed by atoms with Gasteiger partial charge in [-0.25, -0.2) is 4.79 Å². The third-order valence-corrected chi connectivity index (χ3v) is 29.6. The summed E-state index contributed by atoms with van der Waals surface area (Å²) in [4.78, 5) is 152. The second-order valence-electron chi connectivity index (χ2n) is 30.8. The summed E-state index contributed by atoms with van der Waals surface area (Å²) >= 11 is 11.3. The van der Waals surface area contributed by atoms with E-state index in [0.717, 1.165) is 64.4 Å². The largest absolute Gasteiger partial charge is 0.504 e. The summed E-state index contributed by atoms with van der Waals surface area (Å²) in [6.45, 7) is 3.12. The number of ether oxygens (including phenoxy) is 9. The summed E-state index contributed by atoms with van der Waals surface area (Å²) in [5.74, 6) is -1.70. The maximum Gasteiger partial charge on any atom is 0.328 e. The Bertz CT molecular complexity index is 6310. The lowest BCUT2D eigenvalue weighted by molar-refractivity contribution is -0.385. The van der Waals surface area contributed by atoms with Gasteiger partial charge in [-0.15, -0.1) is 92.8 Å². The number of halogens is 2. The maximum absolute atomic E-state index is 13.3. The first-order valence-corrected chi connectivity index (χ1v) is 47.7. The third-order valence-electron chi connectivity index (χ3n) is 23.1. The molecule has 0 bridgehead atoms. The zero-order chi connectivity index (χ0) is 96.6. The van der Waals surface area contributed by atoms with E-state index in [0.29, 0.717) is 85.6 Å². The summed E-state index contributed by atoms with van der Waals surface area (Å²) in [5, 5.41) is 72.0. The molecule has 45 heteroatoms. The molecule has 7 atom stereocenters. The number of esters is 2. The third kappa shape index (κ3) is 24.1. The first-order valence-electron chi connectivity index (χ1n) is 41.5. The smallest absolute Gasteiger partial charge is 0.328 e. The van der Waals surface area contributed by atoms with Gasteiger partial charge in [-0.05, 0) is 169 Å². The molecule has 0 saturated carbocycles. The van der Waals surface area contributed by atoms with Crippen LogP contribution in [0, 0.1) is 20.2 Å². The number of hydrogen-bond donors (Lipinski definition) is 6. The van der Waals surface area contributed by atoms with Gasteiger partial charge in [-0.1, -0.05) is 0 Å². The number of nitrogens with zero attached hydrogens (tertiary/aromatic N) is 8. The van der Waals surface area contributed by atoms with Gasteiger partial charge >= 0.3 is 23.9 Å². The van der Waals surface area contributed by atoms with Crippen LogP contribution >= 0.6 is 104 Å². The standard InChI is InChI=1S/C18H18N2O7S.C17H16N2O6S.C17H16N2O3S.C16H14N2O3S.C9H11NO2S.C8H9NO2S.C7H9NO2S.2ClH/c1-25-14-7-11(12(20(23)24)8-15(14)26-2)17(21)19-9-16-10(4-5-28-16)6-13(19)18(22)27-3;1-24-14-6-12(13(19(22)23)7-15(14)25-2)17(21)18-8-16-10(3-4-26-16)5-11(18)9-20;1-21-14-6-12-13(7-15(14)22-2)18-8-11-5-10-3-4-23-16(10)9-19(11)17(12)20;1-21-14-5-11-12(6-13(14)19)17-7-10-4-9-2-3-22-15(9)8-18(10)16(11)20;1-12-9(11)7-4-6-2-3-13-8(6)5-10-7;10-8(11)6-3-5-1-2-12-7(5)4-9-6;8-6(7(9)10)3-5-1-2-11-4-5;;/h4-5,7-8,13H,6,9H2,1-3H3;3-4,6-7,9,11H,5,8H2,1-2H3;3-4,6-8,11H,5,9H2,1-2H3;2-3,5-7,10,19H,4,8H2,1H3;2-3,7,10H,4-5H2,1H3;1-2,6,9H,3-4H2,(H,10,11);1-2,4,6H,3,8H2,(H,9,10);2*1H/t13-;2*11-;10-;7-;2*6-;;/m0000000../s1. The van der Waals surface area contributed by atoms with Crippen molar-refractivity contribution in [3.05, 3.63) is 245 Å². The lowest BCUT2D eigenvalue weighted by atomic mass is 9.98. The molecule has 0 spiro atoms. The number of methoxy groups -OCH3 is 9. The first-order chi connectivity index (χ1) is 65.1. The van der Waals surface area contributed by atoms with E-state index in [2.05, 4.69) is 59.7 Å². The van der Waals surface area contributed by atoms with Gasteiger partial charge in [0.2, 0.25) is 0 Å². The number of carboxylic acid groups (broad SMARTS) is 2. The number of aliphatic carboxylic acids is 2. The minimum atomic E-state index is -0.948. The maximum atomic E-state index is 13.3. The number of nitro groups is 2. The van der Waals surface area contributed by atoms with Gasteiger partial charge in [0, 0.05) is 91.9 Å². The van der Waals surface area contributed by atoms with Crippen LogP contribution in [-0.2, 0) is 118 Å². The molecule has 36 nitrogen and oxygen atoms in total. The molecule has 8 aliphatic rings. The zero-order valence-corrected chi connectivity index (χ0v) is 82.2. The van der Waals surface area contributed by atoms with E-state index >= 15 is 0 Å². The van der Waals surface area contributed by atoms with Crippen molar-refractivity contribution in [2.45, 2.75) is 127 Å². The van der Waals surface area contributed by atoms with E-state index in [1.54, 1.807) is 95.3 Å². The molecular weight excluding hydrogens is 1950 g/mol. The fourth-order valence-corrected chi connectivity index (χ4v) is 22.0. The number of phenols is 1. The Morgan fingerprint density at radius 3 is 1.31 bits per heavy atom. The van der Waals surface area contributed by atoms with Crippen LogP contribution in [0.1, 0.15) is 110 Å². The lowest BCUT2D eigenvalue weighted by Gasteiger charge is -2.33. The number of carbonyl (C=O) groups is 9. The molecule has 7 N–H and O–H groups in total.